The molecule has 206 valence electrons. The highest BCUT2D eigenvalue weighted by molar-refractivity contribution is 6.23. The first-order valence-electron chi connectivity index (χ1n) is 22.7. The van der Waals surface area contributed by atoms with E-state index in [-0.39, 0.29) is 22.4 Å². The quantitative estimate of drug-likeness (QED) is 0.197. The van der Waals surface area contributed by atoms with E-state index in [0.29, 0.717) is 32.6 Å². The van der Waals surface area contributed by atoms with Crippen LogP contribution >= 0.6 is 0 Å². The number of nitrogens with zero attached hydrogens (tertiary/aromatic N) is 2. The molecule has 0 N–H and O–H groups in total. The minimum Gasteiger partial charge on any atom is -0.307 e. The fourth-order valence-electron chi connectivity index (χ4n) is 5.80. The van der Waals surface area contributed by atoms with Crippen LogP contribution in [0.3, 0.4) is 0 Å². The van der Waals surface area contributed by atoms with Gasteiger partial charge < -0.3 is 9.13 Å². The van der Waals surface area contributed by atoms with E-state index in [1.807, 2.05) is 0 Å². The average molecular weight is 579 g/mol. The molecule has 0 aliphatic carbocycles. The number of fused-ring (bicyclic) bond motifs is 7. The molecular weight excluding hydrogens is 532 g/mol. The normalized spacial score (nSPS) is 17.4. The first-order valence-corrected chi connectivity index (χ1v) is 13.7. The van der Waals surface area contributed by atoms with Crippen LogP contribution in [0.2, 0.25) is 0 Å². The zero-order valence-corrected chi connectivity index (χ0v) is 22.7. The van der Waals surface area contributed by atoms with Gasteiger partial charge >= 0.3 is 0 Å². The minimum absolute atomic E-state index is 0.261. The van der Waals surface area contributed by atoms with E-state index >= 15 is 0 Å². The Morgan fingerprint density at radius 2 is 0.705 bits per heavy atom. The third-order valence-corrected chi connectivity index (χ3v) is 7.64. The van der Waals surface area contributed by atoms with Crippen LogP contribution in [0.5, 0.6) is 0 Å². The monoisotopic (exact) mass is 578 g/mol. The molecule has 0 aliphatic heterocycles. The van der Waals surface area contributed by atoms with Crippen LogP contribution in [0.4, 0.5) is 0 Å². The molecule has 2 aromatic heterocycles. The van der Waals surface area contributed by atoms with Crippen molar-refractivity contribution in [2.24, 2.45) is 0 Å². The van der Waals surface area contributed by atoms with Crippen LogP contribution in [0.1, 0.15) is 24.7 Å². The highest BCUT2D eigenvalue weighted by Crippen LogP contribution is 2.42. The Hall–Kier alpha value is -5.86. The van der Waals surface area contributed by atoms with Crippen molar-refractivity contribution in [3.05, 3.63) is 169 Å². The van der Waals surface area contributed by atoms with E-state index in [4.69, 9.17) is 13.7 Å². The van der Waals surface area contributed by atoms with Crippen molar-refractivity contribution in [3.8, 4) is 33.6 Å². The number of aromatic nitrogens is 2. The zero-order chi connectivity index (χ0) is 44.7. The molecular formula is C42H28N2. The second-order valence-corrected chi connectivity index (χ2v) is 10.0. The number of hydrogen-bond acceptors (Lipinski definition) is 0. The molecule has 0 aliphatic rings. The number of hydrogen-bond donors (Lipinski definition) is 0. The minimum atomic E-state index is -0.713. The number of rotatable bonds is 4. The predicted octanol–water partition coefficient (Wildman–Crippen LogP) is 11.2. The molecule has 2 nitrogen and oxygen atoms in total. The van der Waals surface area contributed by atoms with E-state index in [9.17, 15) is 11.0 Å². The fraction of sp³-hybridized carbons (Fsp3) is 0. The summed E-state index contributed by atoms with van der Waals surface area (Å²) in [4.78, 5) is 0. The lowest BCUT2D eigenvalue weighted by atomic mass is 10.1. The fourth-order valence-corrected chi connectivity index (χ4v) is 5.80. The molecule has 0 bridgehead atoms. The van der Waals surface area contributed by atoms with Gasteiger partial charge in [0.1, 0.15) is 0 Å². The summed E-state index contributed by atoms with van der Waals surface area (Å²) in [6, 6.07) is 5.35. The Kier molecular flexibility index (Phi) is 2.87. The zero-order valence-electron chi connectivity index (χ0n) is 40.7. The third kappa shape index (κ3) is 3.75. The van der Waals surface area contributed by atoms with Crippen LogP contribution < -0.4 is 0 Å². The average Bonchev–Trinajstić information content (AvgIpc) is 3.77. The highest BCUT2D eigenvalue weighted by Gasteiger charge is 2.21. The van der Waals surface area contributed by atoms with Gasteiger partial charge in [0.15, 0.2) is 0 Å². The van der Waals surface area contributed by atoms with Crippen molar-refractivity contribution < 1.29 is 24.7 Å². The van der Waals surface area contributed by atoms with E-state index in [2.05, 4.69) is 0 Å². The van der Waals surface area contributed by atoms with Gasteiger partial charge in [-0.2, -0.15) is 0 Å². The molecule has 0 amide bonds. The Bertz CT molecular complexity index is 3170. The lowest BCUT2D eigenvalue weighted by Crippen LogP contribution is -1.98. The van der Waals surface area contributed by atoms with Gasteiger partial charge in [-0.05, 0) is 58.6 Å². The summed E-state index contributed by atoms with van der Waals surface area (Å²) in [5.41, 5.74) is -1.12. The highest BCUT2D eigenvalue weighted by atomic mass is 15.0. The van der Waals surface area contributed by atoms with Gasteiger partial charge in [0, 0.05) is 32.9 Å². The summed E-state index contributed by atoms with van der Waals surface area (Å²) in [6.07, 6.45) is 0. The van der Waals surface area contributed by atoms with Crippen LogP contribution in [-0.4, -0.2) is 9.13 Å². The molecule has 7 aromatic carbocycles. The van der Waals surface area contributed by atoms with Gasteiger partial charge in [0.05, 0.1) is 46.7 Å². The molecule has 0 atom stereocenters. The predicted molar refractivity (Wildman–Crippen MR) is 186 cm³/mol. The lowest BCUT2D eigenvalue weighted by molar-refractivity contribution is 1.15. The van der Waals surface area contributed by atoms with Crippen LogP contribution in [0, 0.1) is 0 Å². The Balaban J connectivity index is 1.45. The summed E-state index contributed by atoms with van der Waals surface area (Å²) in [7, 11) is 0. The second kappa shape index (κ2) is 9.86. The topological polar surface area (TPSA) is 9.86 Å². The SMILES string of the molecule is [2H]c1c([2H])c([2H])c(-c2c([2H])c([2H])c(-n3c4ccccc4c4ccc5c6ccccc6n(-c6c([2H])c([2H])c(-c7c([2H])c([2H])c([2H])c([2H])c7[2H])c([2H])c6[2H])c5c43)c([2H])c2[2H])c([2H])c1[2H]. The molecule has 2 heterocycles. The van der Waals surface area contributed by atoms with E-state index in [1.54, 1.807) is 60.7 Å². The number of para-hydroxylation sites is 2. The van der Waals surface area contributed by atoms with Gasteiger partial charge in [-0.25, -0.2) is 0 Å². The molecule has 9 aromatic rings. The maximum atomic E-state index is 9.43. The van der Waals surface area contributed by atoms with Crippen molar-refractivity contribution in [2.75, 3.05) is 0 Å². The van der Waals surface area contributed by atoms with Gasteiger partial charge in [-0.3, -0.25) is 0 Å². The largest absolute Gasteiger partial charge is 0.307 e. The van der Waals surface area contributed by atoms with Crippen molar-refractivity contribution in [3.63, 3.8) is 0 Å². The maximum Gasteiger partial charge on any atom is 0.0788 e. The van der Waals surface area contributed by atoms with Crippen molar-refractivity contribution in [1.29, 1.82) is 0 Å². The van der Waals surface area contributed by atoms with Gasteiger partial charge in [0.2, 0.25) is 0 Å². The van der Waals surface area contributed by atoms with E-state index in [1.165, 1.54) is 9.13 Å². The summed E-state index contributed by atoms with van der Waals surface area (Å²) in [5, 5.41) is 2.28. The second-order valence-electron chi connectivity index (χ2n) is 10.0. The van der Waals surface area contributed by atoms with Crippen LogP contribution in [-0.2, 0) is 0 Å². The van der Waals surface area contributed by atoms with E-state index in [0.717, 1.165) is 0 Å². The molecule has 0 saturated heterocycles. The lowest BCUT2D eigenvalue weighted by Gasteiger charge is -2.13. The molecule has 0 radical (unpaired) electrons. The third-order valence-electron chi connectivity index (χ3n) is 7.64. The molecule has 2 heteroatoms. The first-order chi connectivity index (χ1) is 29.3. The molecule has 0 unspecified atom stereocenters. The summed E-state index contributed by atoms with van der Waals surface area (Å²) < 4.78 is 161. The summed E-state index contributed by atoms with van der Waals surface area (Å²) >= 11 is 0. The van der Waals surface area contributed by atoms with Gasteiger partial charge in [-0.1, -0.05) is 133 Å². The summed E-state index contributed by atoms with van der Waals surface area (Å²) in [5.74, 6) is 0. The van der Waals surface area contributed by atoms with Gasteiger partial charge in [0.25, 0.3) is 0 Å². The van der Waals surface area contributed by atoms with E-state index < -0.39 is 131 Å². The van der Waals surface area contributed by atoms with Gasteiger partial charge in [-0.15, -0.1) is 0 Å². The Morgan fingerprint density at radius 3 is 1.11 bits per heavy atom. The Labute approximate surface area is 281 Å². The standard InChI is InChI=1S/C42H28N2/c1-3-11-29(12-4-1)31-19-23-33(24-20-31)43-39-17-9-7-15-35(39)37-27-28-38-36-16-8-10-18-40(36)44(42(38)41(37)43)34-25-21-32(22-26-34)30-13-5-2-6-14-30/h1-28H/i1D,2D,3D,4D,5D,6D,11D,12D,13D,14D,19D,20D,21D,22D,23D,24D,25D,26D. The molecule has 9 rings (SSSR count). The first kappa shape index (κ1) is 12.8. The smallest absolute Gasteiger partial charge is 0.0788 e. The maximum absolute atomic E-state index is 9.43. The summed E-state index contributed by atoms with van der Waals surface area (Å²) in [6.45, 7) is 0. The molecule has 0 fully saturated rings. The van der Waals surface area contributed by atoms with Crippen molar-refractivity contribution >= 4 is 43.6 Å². The van der Waals surface area contributed by atoms with Crippen LogP contribution in [0.25, 0.3) is 77.2 Å². The van der Waals surface area contributed by atoms with Crippen molar-refractivity contribution in [1.82, 2.24) is 9.13 Å². The van der Waals surface area contributed by atoms with Crippen molar-refractivity contribution in [2.45, 2.75) is 0 Å². The molecule has 0 saturated carbocycles. The Morgan fingerprint density at radius 1 is 0.341 bits per heavy atom. The molecule has 44 heavy (non-hydrogen) atoms. The number of benzene rings is 7. The van der Waals surface area contributed by atoms with Crippen LogP contribution in [0.15, 0.2) is 169 Å². The molecule has 0 spiro atoms.